The Labute approximate surface area is 321 Å². The van der Waals surface area contributed by atoms with Gasteiger partial charge in [-0.3, -0.25) is 0 Å². The van der Waals surface area contributed by atoms with E-state index in [1.165, 1.54) is 83.5 Å². The Balaban J connectivity index is 1.28. The average Bonchev–Trinajstić information content (AvgIpc) is 3.75. The predicted molar refractivity (Wildman–Crippen MR) is 216 cm³/mol. The molecule has 0 unspecified atom stereocenters. The molecule has 7 atom stereocenters. The minimum Gasteiger partial charge on any atom is -0.455 e. The third-order valence-corrected chi connectivity index (χ3v) is 16.7. The number of rotatable bonds is 27. The summed E-state index contributed by atoms with van der Waals surface area (Å²) in [6, 6.07) is 0. The summed E-state index contributed by atoms with van der Waals surface area (Å²) in [6.45, 7) is 19.7. The van der Waals surface area contributed by atoms with Crippen LogP contribution in [0.4, 0.5) is 0 Å². The Kier molecular flexibility index (Phi) is 19.9. The van der Waals surface area contributed by atoms with Gasteiger partial charge in [0.2, 0.25) is 0 Å². The first-order chi connectivity index (χ1) is 24.6. The van der Waals surface area contributed by atoms with Gasteiger partial charge in [-0.25, -0.2) is 4.79 Å². The van der Waals surface area contributed by atoms with E-state index in [0.717, 1.165) is 56.9 Å². The number of unbranched alkanes of at least 4 members (excludes halogenated alkanes) is 13. The Bertz CT molecular complexity index is 1040. The third kappa shape index (κ3) is 16.5. The predicted octanol–water partition coefficient (Wildman–Crippen LogP) is 11.9. The van der Waals surface area contributed by atoms with Gasteiger partial charge in [-0.15, -0.1) is 0 Å². The first kappa shape index (κ1) is 45.6. The van der Waals surface area contributed by atoms with Crippen LogP contribution in [-0.4, -0.2) is 67.9 Å². The maximum absolute atomic E-state index is 12.3. The van der Waals surface area contributed by atoms with Crippen molar-refractivity contribution in [2.24, 2.45) is 0 Å². The van der Waals surface area contributed by atoms with Gasteiger partial charge in [-0.05, 0) is 89.9 Å². The molecule has 1 N–H and O–H groups in total. The molecule has 0 aromatic heterocycles. The molecule has 3 heterocycles. The molecule has 0 amide bonds. The van der Waals surface area contributed by atoms with Crippen LogP contribution in [0.5, 0.6) is 0 Å². The summed E-state index contributed by atoms with van der Waals surface area (Å²) in [5.41, 5.74) is 0.782. The molecule has 8 heteroatoms. The number of carbonyl (C=O) groups is 1. The number of carbonyl (C=O) groups excluding carboxylic acids is 1. The number of cyclic esters (lactones) is 1. The van der Waals surface area contributed by atoms with Gasteiger partial charge in [0.15, 0.2) is 14.1 Å². The number of aliphatic hydroxyl groups is 1. The van der Waals surface area contributed by atoms with E-state index in [-0.39, 0.29) is 47.6 Å². The van der Waals surface area contributed by atoms with Crippen LogP contribution in [0.15, 0.2) is 11.6 Å². The highest BCUT2D eigenvalue weighted by Crippen LogP contribution is 2.39. The lowest BCUT2D eigenvalue weighted by Gasteiger charge is -2.39. The lowest BCUT2D eigenvalue weighted by Crippen LogP contribution is -2.44. The summed E-state index contributed by atoms with van der Waals surface area (Å²) in [6.07, 6.45) is 28.3. The van der Waals surface area contributed by atoms with Crippen molar-refractivity contribution < 1.29 is 33.3 Å². The number of ether oxygens (including phenoxy) is 4. The molecule has 0 spiro atoms. The molecule has 2 saturated heterocycles. The molecule has 0 aliphatic carbocycles. The first-order valence-electron chi connectivity index (χ1n) is 21.9. The van der Waals surface area contributed by atoms with Gasteiger partial charge >= 0.3 is 5.97 Å². The van der Waals surface area contributed by atoms with E-state index in [4.69, 9.17) is 23.4 Å². The maximum atomic E-state index is 12.3. The maximum Gasteiger partial charge on any atom is 0.334 e. The highest BCUT2D eigenvalue weighted by Gasteiger charge is 2.42. The van der Waals surface area contributed by atoms with Crippen LogP contribution >= 0.6 is 0 Å². The fourth-order valence-corrected chi connectivity index (χ4v) is 9.47. The van der Waals surface area contributed by atoms with E-state index < -0.39 is 20.2 Å². The largest absolute Gasteiger partial charge is 0.455 e. The molecule has 52 heavy (non-hydrogen) atoms. The molecule has 304 valence electrons. The van der Waals surface area contributed by atoms with Gasteiger partial charge in [0, 0.05) is 18.1 Å². The van der Waals surface area contributed by atoms with Crippen LogP contribution in [-0.2, 0) is 28.2 Å². The van der Waals surface area contributed by atoms with E-state index in [1.54, 1.807) is 0 Å². The van der Waals surface area contributed by atoms with Crippen LogP contribution < -0.4 is 0 Å². The van der Waals surface area contributed by atoms with Crippen LogP contribution in [0, 0.1) is 0 Å². The summed E-state index contributed by atoms with van der Waals surface area (Å²) < 4.78 is 31.2. The Morgan fingerprint density at radius 3 is 1.96 bits per heavy atom. The second-order valence-corrected chi connectivity index (χ2v) is 23.3. The molecule has 7 nitrogen and oxygen atoms in total. The van der Waals surface area contributed by atoms with Crippen molar-refractivity contribution in [3.63, 3.8) is 0 Å². The van der Waals surface area contributed by atoms with E-state index in [9.17, 15) is 9.90 Å². The first-order valence-corrected chi connectivity index (χ1v) is 24.8. The van der Waals surface area contributed by atoms with Gasteiger partial charge in [-0.1, -0.05) is 124 Å². The van der Waals surface area contributed by atoms with Crippen molar-refractivity contribution in [3.8, 4) is 0 Å². The van der Waals surface area contributed by atoms with Crippen molar-refractivity contribution >= 4 is 14.3 Å². The molecule has 2 fully saturated rings. The van der Waals surface area contributed by atoms with E-state index in [0.29, 0.717) is 12.8 Å². The normalized spacial score (nSPS) is 26.2. The molecule has 0 aromatic carbocycles. The third-order valence-electron chi connectivity index (χ3n) is 12.2. The van der Waals surface area contributed by atoms with Crippen molar-refractivity contribution in [1.29, 1.82) is 0 Å². The Morgan fingerprint density at radius 2 is 1.38 bits per heavy atom. The standard InChI is InChI=1S/C44H82O7Si/c1-10-11-12-13-14-15-16-17-21-24-27-40-41(50-44(6,7)49-40)31-29-38(45)39-30-28-36(48-39)25-22-19-18-20-23-26-37(51-52(8,9)43(3,4)5)33-35-32-34(2)47-42(35)46/h32,34,36-41,45H,10-31,33H2,1-9H3/t34-,36+,37+,38-,39-,40+,41+/m0/s1. The number of hydrogen-bond acceptors (Lipinski definition) is 7. The number of aliphatic hydroxyl groups excluding tert-OH is 1. The highest BCUT2D eigenvalue weighted by atomic mass is 28.4. The zero-order valence-electron chi connectivity index (χ0n) is 35.3. The lowest BCUT2D eigenvalue weighted by molar-refractivity contribution is -0.148. The quantitative estimate of drug-likeness (QED) is 0.0508. The fourth-order valence-electron chi connectivity index (χ4n) is 8.08. The SMILES string of the molecule is CCCCCCCCCCCC[C@H]1OC(C)(C)O[C@@H]1CC[C@H](O)[C@@H]1CC[C@@H](CCCCCCC[C@H](CC2=C[C@H](C)OC2=O)O[Si](C)(C)C(C)(C)C)O1. The summed E-state index contributed by atoms with van der Waals surface area (Å²) >= 11 is 0. The Morgan fingerprint density at radius 1 is 0.827 bits per heavy atom. The van der Waals surface area contributed by atoms with Gasteiger partial charge in [0.05, 0.1) is 30.5 Å². The van der Waals surface area contributed by atoms with Gasteiger partial charge in [0.1, 0.15) is 6.10 Å². The lowest BCUT2D eigenvalue weighted by atomic mass is 9.97. The minimum absolute atomic E-state index is 0.0503. The van der Waals surface area contributed by atoms with Crippen molar-refractivity contribution in [3.05, 3.63) is 11.6 Å². The topological polar surface area (TPSA) is 83.5 Å². The van der Waals surface area contributed by atoms with Gasteiger partial charge in [0.25, 0.3) is 0 Å². The van der Waals surface area contributed by atoms with Crippen LogP contribution in [0.25, 0.3) is 0 Å². The zero-order chi connectivity index (χ0) is 38.2. The molecule has 0 saturated carbocycles. The van der Waals surface area contributed by atoms with Crippen LogP contribution in [0.3, 0.4) is 0 Å². The molecule has 3 aliphatic rings. The summed E-state index contributed by atoms with van der Waals surface area (Å²) in [5.74, 6) is -0.722. The van der Waals surface area contributed by atoms with Crippen LogP contribution in [0.2, 0.25) is 18.1 Å². The van der Waals surface area contributed by atoms with Crippen molar-refractivity contribution in [2.45, 2.75) is 263 Å². The monoisotopic (exact) mass is 751 g/mol. The fraction of sp³-hybridized carbons (Fsp3) is 0.932. The van der Waals surface area contributed by atoms with E-state index in [1.807, 2.05) is 26.8 Å². The van der Waals surface area contributed by atoms with E-state index in [2.05, 4.69) is 40.8 Å². The smallest absolute Gasteiger partial charge is 0.334 e. The molecule has 3 aliphatic heterocycles. The zero-order valence-corrected chi connectivity index (χ0v) is 36.3. The molecule has 3 rings (SSSR count). The highest BCUT2D eigenvalue weighted by molar-refractivity contribution is 6.74. The summed E-state index contributed by atoms with van der Waals surface area (Å²) in [5, 5.41) is 11.2. The van der Waals surface area contributed by atoms with Crippen molar-refractivity contribution in [2.75, 3.05) is 0 Å². The van der Waals surface area contributed by atoms with Crippen LogP contribution in [0.1, 0.15) is 196 Å². The molecular formula is C44H82O7Si. The number of hydrogen-bond donors (Lipinski definition) is 1. The minimum atomic E-state index is -1.95. The van der Waals surface area contributed by atoms with Gasteiger partial charge < -0.3 is 28.5 Å². The molecule has 0 aromatic rings. The Hall–Kier alpha value is -0.773. The molecule has 0 bridgehead atoms. The summed E-state index contributed by atoms with van der Waals surface area (Å²) in [7, 11) is -1.95. The van der Waals surface area contributed by atoms with E-state index >= 15 is 0 Å². The van der Waals surface area contributed by atoms with Crippen molar-refractivity contribution in [1.82, 2.24) is 0 Å². The molecular weight excluding hydrogens is 669 g/mol. The second kappa shape index (κ2) is 22.7. The number of esters is 1. The summed E-state index contributed by atoms with van der Waals surface area (Å²) in [4.78, 5) is 12.3. The average molecular weight is 751 g/mol. The second-order valence-electron chi connectivity index (χ2n) is 18.6. The molecule has 0 radical (unpaired) electrons. The van der Waals surface area contributed by atoms with Gasteiger partial charge in [-0.2, -0.15) is 0 Å².